The highest BCUT2D eigenvalue weighted by molar-refractivity contribution is 5.94. The van der Waals surface area contributed by atoms with Crippen LogP contribution < -0.4 is 0 Å². The van der Waals surface area contributed by atoms with Crippen molar-refractivity contribution in [3.63, 3.8) is 0 Å². The second kappa shape index (κ2) is 12.7. The van der Waals surface area contributed by atoms with Crippen molar-refractivity contribution in [1.82, 2.24) is 14.7 Å². The molecule has 2 aliphatic rings. The number of piperidine rings is 2. The van der Waals surface area contributed by atoms with E-state index in [4.69, 9.17) is 0 Å². The minimum absolute atomic E-state index is 0.0151. The number of aryl methyl sites for hydroxylation is 1. The first-order valence-electron chi connectivity index (χ1n) is 13.5. The fourth-order valence-electron chi connectivity index (χ4n) is 5.52. The molecular formula is C30H39N3O3. The lowest BCUT2D eigenvalue weighted by atomic mass is 9.92. The number of likely N-dealkylation sites (tertiary alicyclic amines) is 2. The van der Waals surface area contributed by atoms with Crippen molar-refractivity contribution in [3.8, 4) is 0 Å². The third-order valence-electron chi connectivity index (χ3n) is 7.63. The monoisotopic (exact) mass is 489 g/mol. The molecule has 192 valence electrons. The third-order valence-corrected chi connectivity index (χ3v) is 7.63. The third kappa shape index (κ3) is 6.54. The number of nitrogens with zero attached hydrogens (tertiary/aromatic N) is 3. The molecule has 0 bridgehead atoms. The lowest BCUT2D eigenvalue weighted by Crippen LogP contribution is -2.52. The summed E-state index contributed by atoms with van der Waals surface area (Å²) in [5, 5.41) is 0. The van der Waals surface area contributed by atoms with Crippen LogP contribution in [0.1, 0.15) is 61.4 Å². The van der Waals surface area contributed by atoms with Gasteiger partial charge in [0, 0.05) is 56.7 Å². The van der Waals surface area contributed by atoms with E-state index in [1.54, 1.807) is 0 Å². The number of hydrogen-bond acceptors (Lipinski definition) is 3. The normalized spacial score (nSPS) is 17.1. The Bertz CT molecular complexity index is 995. The van der Waals surface area contributed by atoms with Gasteiger partial charge in [0.1, 0.15) is 0 Å². The minimum atomic E-state index is -0.0151. The molecular weight excluding hydrogens is 450 g/mol. The highest BCUT2D eigenvalue weighted by Gasteiger charge is 2.34. The molecule has 2 heterocycles. The van der Waals surface area contributed by atoms with E-state index in [-0.39, 0.29) is 29.7 Å². The van der Waals surface area contributed by atoms with Gasteiger partial charge in [0.15, 0.2) is 0 Å². The summed E-state index contributed by atoms with van der Waals surface area (Å²) in [6.07, 6.45) is 5.32. The van der Waals surface area contributed by atoms with Gasteiger partial charge in [0.25, 0.3) is 5.91 Å². The largest absolute Gasteiger partial charge is 0.343 e. The molecule has 2 saturated heterocycles. The molecule has 2 fully saturated rings. The van der Waals surface area contributed by atoms with Gasteiger partial charge >= 0.3 is 0 Å². The van der Waals surface area contributed by atoms with Gasteiger partial charge in [-0.15, -0.1) is 0 Å². The Morgan fingerprint density at radius 2 is 1.39 bits per heavy atom. The van der Waals surface area contributed by atoms with Crippen LogP contribution in [0.5, 0.6) is 0 Å². The van der Waals surface area contributed by atoms with Crippen molar-refractivity contribution in [1.29, 1.82) is 0 Å². The summed E-state index contributed by atoms with van der Waals surface area (Å²) in [7, 11) is 0. The molecule has 0 radical (unpaired) electrons. The van der Waals surface area contributed by atoms with Crippen LogP contribution in [0.4, 0.5) is 0 Å². The highest BCUT2D eigenvalue weighted by atomic mass is 16.2. The number of amides is 3. The number of hydrogen-bond donors (Lipinski definition) is 0. The predicted molar refractivity (Wildman–Crippen MR) is 141 cm³/mol. The van der Waals surface area contributed by atoms with Gasteiger partial charge in [-0.3, -0.25) is 14.4 Å². The summed E-state index contributed by atoms with van der Waals surface area (Å²) < 4.78 is 0. The van der Waals surface area contributed by atoms with Crippen molar-refractivity contribution >= 4 is 17.7 Å². The maximum Gasteiger partial charge on any atom is 0.253 e. The highest BCUT2D eigenvalue weighted by Crippen LogP contribution is 2.25. The van der Waals surface area contributed by atoms with Gasteiger partial charge in [-0.25, -0.2) is 0 Å². The van der Waals surface area contributed by atoms with Crippen LogP contribution in [-0.4, -0.2) is 71.2 Å². The van der Waals surface area contributed by atoms with Crippen LogP contribution in [0.3, 0.4) is 0 Å². The second-order valence-electron chi connectivity index (χ2n) is 10.1. The Morgan fingerprint density at radius 1 is 0.806 bits per heavy atom. The lowest BCUT2D eigenvalue weighted by Gasteiger charge is -2.41. The van der Waals surface area contributed by atoms with Gasteiger partial charge in [0.2, 0.25) is 11.8 Å². The van der Waals surface area contributed by atoms with E-state index in [9.17, 15) is 14.4 Å². The van der Waals surface area contributed by atoms with Crippen LogP contribution in [0.2, 0.25) is 0 Å². The van der Waals surface area contributed by atoms with Crippen molar-refractivity contribution in [2.24, 2.45) is 5.92 Å². The SMILES string of the molecule is CCCN(C(=O)C1CCN(C(=O)CCc2ccccc2)CC1)C1CCN(C(=O)c2ccccc2)CC1. The van der Waals surface area contributed by atoms with Gasteiger partial charge in [-0.1, -0.05) is 55.5 Å². The molecule has 2 aromatic rings. The molecule has 0 atom stereocenters. The maximum atomic E-state index is 13.6. The average molecular weight is 490 g/mol. The summed E-state index contributed by atoms with van der Waals surface area (Å²) in [5.74, 6) is 0.483. The van der Waals surface area contributed by atoms with Crippen LogP contribution in [0, 0.1) is 5.92 Å². The van der Waals surface area contributed by atoms with Crippen LogP contribution >= 0.6 is 0 Å². The van der Waals surface area contributed by atoms with Crippen molar-refractivity contribution in [3.05, 3.63) is 71.8 Å². The minimum Gasteiger partial charge on any atom is -0.343 e. The van der Waals surface area contributed by atoms with Gasteiger partial charge < -0.3 is 14.7 Å². The molecule has 0 unspecified atom stereocenters. The molecule has 6 heteroatoms. The van der Waals surface area contributed by atoms with Crippen molar-refractivity contribution in [2.45, 2.75) is 57.9 Å². The van der Waals surface area contributed by atoms with Crippen LogP contribution in [0.25, 0.3) is 0 Å². The zero-order chi connectivity index (χ0) is 25.3. The summed E-state index contributed by atoms with van der Waals surface area (Å²) in [6, 6.07) is 19.7. The Balaban J connectivity index is 1.26. The average Bonchev–Trinajstić information content (AvgIpc) is 2.95. The van der Waals surface area contributed by atoms with E-state index in [0.717, 1.165) is 50.6 Å². The molecule has 0 spiro atoms. The maximum absolute atomic E-state index is 13.6. The van der Waals surface area contributed by atoms with Crippen molar-refractivity contribution < 1.29 is 14.4 Å². The predicted octanol–water partition coefficient (Wildman–Crippen LogP) is 4.40. The Hall–Kier alpha value is -3.15. The van der Waals surface area contributed by atoms with E-state index >= 15 is 0 Å². The Kier molecular flexibility index (Phi) is 9.15. The molecule has 2 aromatic carbocycles. The first-order valence-corrected chi connectivity index (χ1v) is 13.5. The Labute approximate surface area is 215 Å². The van der Waals surface area contributed by atoms with Crippen molar-refractivity contribution in [2.75, 3.05) is 32.7 Å². The Morgan fingerprint density at radius 3 is 2.00 bits per heavy atom. The topological polar surface area (TPSA) is 60.9 Å². The van der Waals surface area contributed by atoms with Gasteiger partial charge in [0.05, 0.1) is 0 Å². The zero-order valence-electron chi connectivity index (χ0n) is 21.5. The molecule has 2 aliphatic heterocycles. The molecule has 36 heavy (non-hydrogen) atoms. The quantitative estimate of drug-likeness (QED) is 0.552. The molecule has 6 nitrogen and oxygen atoms in total. The van der Waals surface area contributed by atoms with E-state index in [0.29, 0.717) is 32.6 Å². The standard InChI is InChI=1S/C30H39N3O3/c1-2-19-33(27-17-22-32(23-18-27)29(35)25-11-7-4-8-12-25)30(36)26-15-20-31(21-16-26)28(34)14-13-24-9-5-3-6-10-24/h3-12,26-27H,2,13-23H2,1H3. The van der Waals surface area contributed by atoms with Crippen LogP contribution in [0.15, 0.2) is 60.7 Å². The van der Waals surface area contributed by atoms with E-state index in [1.165, 1.54) is 5.56 Å². The molecule has 0 aliphatic carbocycles. The molecule has 0 saturated carbocycles. The summed E-state index contributed by atoms with van der Waals surface area (Å²) in [5.41, 5.74) is 1.91. The number of carbonyl (C=O) groups is 3. The van der Waals surface area contributed by atoms with Crippen LogP contribution in [-0.2, 0) is 16.0 Å². The first-order chi connectivity index (χ1) is 17.6. The molecule has 0 N–H and O–H groups in total. The fraction of sp³-hybridized carbons (Fsp3) is 0.500. The number of benzene rings is 2. The van der Waals surface area contributed by atoms with E-state index in [2.05, 4.69) is 24.0 Å². The fourth-order valence-corrected chi connectivity index (χ4v) is 5.52. The zero-order valence-corrected chi connectivity index (χ0v) is 21.5. The molecule has 0 aromatic heterocycles. The summed E-state index contributed by atoms with van der Waals surface area (Å²) in [4.78, 5) is 45.0. The smallest absolute Gasteiger partial charge is 0.253 e. The second-order valence-corrected chi connectivity index (χ2v) is 10.1. The molecule has 3 amide bonds. The van der Waals surface area contributed by atoms with E-state index in [1.807, 2.05) is 58.3 Å². The molecule has 4 rings (SSSR count). The van der Waals surface area contributed by atoms with Gasteiger partial charge in [-0.2, -0.15) is 0 Å². The summed E-state index contributed by atoms with van der Waals surface area (Å²) >= 11 is 0. The number of carbonyl (C=O) groups excluding carboxylic acids is 3. The van der Waals surface area contributed by atoms with Gasteiger partial charge in [-0.05, 0) is 56.2 Å². The number of rotatable bonds is 8. The first kappa shape index (κ1) is 25.9. The van der Waals surface area contributed by atoms with E-state index < -0.39 is 0 Å². The lowest BCUT2D eigenvalue weighted by molar-refractivity contribution is -0.143. The summed E-state index contributed by atoms with van der Waals surface area (Å²) in [6.45, 7) is 5.55.